The van der Waals surface area contributed by atoms with Crippen LogP contribution in [0.15, 0.2) is 85.1 Å². The first-order valence-electron chi connectivity index (χ1n) is 30.4. The minimum atomic E-state index is -4.62. The third-order valence-corrected chi connectivity index (χ3v) is 14.3. The van der Waals surface area contributed by atoms with E-state index in [2.05, 4.69) is 92.1 Å². The van der Waals surface area contributed by atoms with Crippen LogP contribution in [0.4, 0.5) is 0 Å². The van der Waals surface area contributed by atoms with Gasteiger partial charge in [0.25, 0.3) is 7.82 Å². The van der Waals surface area contributed by atoms with Gasteiger partial charge in [-0.3, -0.25) is 9.36 Å². The van der Waals surface area contributed by atoms with Crippen molar-refractivity contribution < 1.29 is 32.9 Å². The maximum Gasteiger partial charge on any atom is 0.268 e. The summed E-state index contributed by atoms with van der Waals surface area (Å²) < 4.78 is 23.4. The molecule has 2 N–H and O–H groups in total. The molecule has 0 fully saturated rings. The highest BCUT2D eigenvalue weighted by Gasteiger charge is 2.23. The highest BCUT2D eigenvalue weighted by atomic mass is 31.2. The number of phosphoric ester groups is 1. The minimum Gasteiger partial charge on any atom is -0.756 e. The van der Waals surface area contributed by atoms with Crippen molar-refractivity contribution in [1.82, 2.24) is 5.32 Å². The molecule has 424 valence electrons. The molecular weight excluding hydrogens is 924 g/mol. The lowest BCUT2D eigenvalue weighted by atomic mass is 10.0. The van der Waals surface area contributed by atoms with Crippen LogP contribution in [0.5, 0.6) is 0 Å². The molecule has 3 unspecified atom stereocenters. The van der Waals surface area contributed by atoms with Gasteiger partial charge >= 0.3 is 0 Å². The summed E-state index contributed by atoms with van der Waals surface area (Å²) in [6.45, 7) is 4.52. The van der Waals surface area contributed by atoms with E-state index < -0.39 is 26.6 Å². The van der Waals surface area contributed by atoms with Crippen molar-refractivity contribution in [2.45, 2.75) is 276 Å². The summed E-state index contributed by atoms with van der Waals surface area (Å²) in [6.07, 6.45) is 76.8. The van der Waals surface area contributed by atoms with Gasteiger partial charge in [0, 0.05) is 6.42 Å². The fourth-order valence-corrected chi connectivity index (χ4v) is 9.31. The number of aliphatic hydroxyl groups excluding tert-OH is 1. The van der Waals surface area contributed by atoms with E-state index in [1.807, 2.05) is 27.2 Å². The normalized spacial score (nSPS) is 14.5. The Morgan fingerprint density at radius 3 is 1.27 bits per heavy atom. The molecule has 0 aromatic heterocycles. The second-order valence-electron chi connectivity index (χ2n) is 21.7. The van der Waals surface area contributed by atoms with Crippen LogP contribution in [0.2, 0.25) is 0 Å². The van der Waals surface area contributed by atoms with Crippen LogP contribution in [-0.4, -0.2) is 68.5 Å². The molecule has 0 heterocycles. The van der Waals surface area contributed by atoms with Crippen molar-refractivity contribution in [2.75, 3.05) is 40.9 Å². The van der Waals surface area contributed by atoms with Gasteiger partial charge in [0.05, 0.1) is 39.9 Å². The number of allylic oxidation sites excluding steroid dienone is 13. The largest absolute Gasteiger partial charge is 0.756 e. The first kappa shape index (κ1) is 70.7. The molecule has 73 heavy (non-hydrogen) atoms. The molecule has 0 aromatic carbocycles. The lowest BCUT2D eigenvalue weighted by molar-refractivity contribution is -0.870. The zero-order valence-corrected chi connectivity index (χ0v) is 49.2. The van der Waals surface area contributed by atoms with Gasteiger partial charge in [0.2, 0.25) is 5.91 Å². The van der Waals surface area contributed by atoms with E-state index >= 15 is 0 Å². The van der Waals surface area contributed by atoms with E-state index in [-0.39, 0.29) is 12.5 Å². The van der Waals surface area contributed by atoms with Crippen LogP contribution in [0.1, 0.15) is 264 Å². The molecule has 0 saturated heterocycles. The predicted molar refractivity (Wildman–Crippen MR) is 316 cm³/mol. The summed E-state index contributed by atoms with van der Waals surface area (Å²) in [6, 6.07) is -0.918. The lowest BCUT2D eigenvalue weighted by Gasteiger charge is -2.29. The van der Waals surface area contributed by atoms with Crippen LogP contribution < -0.4 is 10.2 Å². The molecule has 0 bridgehead atoms. The van der Waals surface area contributed by atoms with E-state index in [1.54, 1.807) is 6.08 Å². The monoisotopic (exact) mass is 1040 g/mol. The Morgan fingerprint density at radius 1 is 0.493 bits per heavy atom. The molecule has 3 atom stereocenters. The van der Waals surface area contributed by atoms with Crippen molar-refractivity contribution in [2.24, 2.45) is 0 Å². The Balaban J connectivity index is 4.26. The summed E-state index contributed by atoms with van der Waals surface area (Å²) in [5, 5.41) is 13.9. The summed E-state index contributed by atoms with van der Waals surface area (Å²) >= 11 is 0. The number of unbranched alkanes of at least 4 members (excludes halogenated alkanes) is 30. The maximum atomic E-state index is 13.0. The van der Waals surface area contributed by atoms with Crippen LogP contribution in [-0.2, 0) is 18.4 Å². The number of likely N-dealkylation sites (N-methyl/N-ethyl adjacent to an activating group) is 1. The highest BCUT2D eigenvalue weighted by molar-refractivity contribution is 7.45. The van der Waals surface area contributed by atoms with Crippen molar-refractivity contribution in [3.05, 3.63) is 85.1 Å². The SMILES string of the molecule is CC/C=C\C/C=C\C/C=C\C/C=C\CCCCCCCCCCCCC(=O)NC(COP(=O)([O-])OCC[N+](C)(C)C)C(O)/C=C/CC/C=C/CC/C=C/CCCCCCCCCCCCCCCCCCCC. The maximum absolute atomic E-state index is 13.0. The average molecular weight is 1040 g/mol. The first-order valence-corrected chi connectivity index (χ1v) is 31.9. The van der Waals surface area contributed by atoms with Crippen LogP contribution in [0.3, 0.4) is 0 Å². The smallest absolute Gasteiger partial charge is 0.268 e. The average Bonchev–Trinajstić information content (AvgIpc) is 3.35. The van der Waals surface area contributed by atoms with Gasteiger partial charge < -0.3 is 28.8 Å². The van der Waals surface area contributed by atoms with E-state index in [0.29, 0.717) is 17.4 Å². The Morgan fingerprint density at radius 2 is 0.849 bits per heavy atom. The zero-order chi connectivity index (χ0) is 53.5. The van der Waals surface area contributed by atoms with Gasteiger partial charge in [-0.05, 0) is 83.5 Å². The van der Waals surface area contributed by atoms with Crippen LogP contribution >= 0.6 is 7.82 Å². The van der Waals surface area contributed by atoms with Crippen molar-refractivity contribution in [3.63, 3.8) is 0 Å². The van der Waals surface area contributed by atoms with E-state index in [1.165, 1.54) is 167 Å². The predicted octanol–water partition coefficient (Wildman–Crippen LogP) is 18.2. The Bertz CT molecular complexity index is 1460. The van der Waals surface area contributed by atoms with E-state index in [0.717, 1.165) is 77.0 Å². The van der Waals surface area contributed by atoms with Gasteiger partial charge in [-0.2, -0.15) is 0 Å². The number of phosphoric acid groups is 1. The molecule has 8 nitrogen and oxygen atoms in total. The number of carbonyl (C=O) groups excluding carboxylic acids is 1. The summed E-state index contributed by atoms with van der Waals surface area (Å²) in [4.78, 5) is 25.5. The van der Waals surface area contributed by atoms with Gasteiger partial charge in [-0.1, -0.05) is 259 Å². The molecule has 0 radical (unpaired) electrons. The number of nitrogens with one attached hydrogen (secondary N) is 1. The van der Waals surface area contributed by atoms with E-state index in [4.69, 9.17) is 9.05 Å². The standard InChI is InChI=1S/C64H117N2O6P/c1-6-8-10-12-14-16-18-20-22-24-26-28-30-31-32-33-34-36-37-39-41-43-45-47-49-51-53-55-57-63(67)62(61-72-73(69,70)71-60-59-66(3,4)5)65-64(68)58-56-54-52-50-48-46-44-42-40-38-35-29-27-25-23-21-19-17-15-13-11-9-7-2/h9,11,15,17,21,23,27,29,39,41,47,49,55,57,62-63,67H,6-8,10,12-14,16,18-20,22,24-26,28,30-38,40,42-46,48,50-54,56,58-61H2,1-5H3,(H-,65,68,69,70)/b11-9-,17-15-,23-21-,29-27-,41-39+,49-47+,57-55+. The Hall–Kier alpha value is -2.32. The fraction of sp³-hybridized carbons (Fsp3) is 0.766. The Kier molecular flexibility index (Phi) is 52.7. The number of nitrogens with zero attached hydrogens (tertiary/aromatic N) is 1. The molecule has 0 aromatic rings. The molecular formula is C64H117N2O6P. The number of quaternary nitrogens is 1. The number of aliphatic hydroxyl groups is 1. The van der Waals surface area contributed by atoms with Gasteiger partial charge in [0.15, 0.2) is 0 Å². The molecule has 0 aliphatic heterocycles. The van der Waals surface area contributed by atoms with E-state index in [9.17, 15) is 19.4 Å². The molecule has 0 aliphatic rings. The summed E-state index contributed by atoms with van der Waals surface area (Å²) in [5.74, 6) is -0.217. The Labute approximate surface area is 452 Å². The number of amides is 1. The number of hydrogen-bond acceptors (Lipinski definition) is 6. The molecule has 0 aliphatic carbocycles. The molecule has 1 amide bonds. The number of carbonyl (C=O) groups is 1. The molecule has 0 rings (SSSR count). The molecule has 9 heteroatoms. The summed E-state index contributed by atoms with van der Waals surface area (Å²) in [7, 11) is 1.23. The van der Waals surface area contributed by atoms with Gasteiger partial charge in [-0.25, -0.2) is 0 Å². The molecule has 0 saturated carbocycles. The minimum absolute atomic E-state index is 0.0134. The lowest BCUT2D eigenvalue weighted by Crippen LogP contribution is -2.45. The third-order valence-electron chi connectivity index (χ3n) is 13.3. The van der Waals surface area contributed by atoms with Crippen molar-refractivity contribution in [3.8, 4) is 0 Å². The zero-order valence-electron chi connectivity index (χ0n) is 48.3. The fourth-order valence-electron chi connectivity index (χ4n) is 8.59. The number of hydrogen-bond donors (Lipinski definition) is 2. The van der Waals surface area contributed by atoms with Crippen molar-refractivity contribution >= 4 is 13.7 Å². The number of rotatable bonds is 55. The molecule has 0 spiro atoms. The quantitative estimate of drug-likeness (QED) is 0.0272. The van der Waals surface area contributed by atoms with Crippen LogP contribution in [0, 0.1) is 0 Å². The van der Waals surface area contributed by atoms with Gasteiger partial charge in [-0.15, -0.1) is 0 Å². The third kappa shape index (κ3) is 57.2. The highest BCUT2D eigenvalue weighted by Crippen LogP contribution is 2.38. The summed E-state index contributed by atoms with van der Waals surface area (Å²) in [5.41, 5.74) is 0. The second kappa shape index (κ2) is 54.5. The van der Waals surface area contributed by atoms with Crippen LogP contribution in [0.25, 0.3) is 0 Å². The van der Waals surface area contributed by atoms with Gasteiger partial charge in [0.1, 0.15) is 13.2 Å². The van der Waals surface area contributed by atoms with Crippen molar-refractivity contribution in [1.29, 1.82) is 0 Å². The first-order chi connectivity index (χ1) is 35.5. The second-order valence-corrected chi connectivity index (χ2v) is 23.1. The topological polar surface area (TPSA) is 108 Å².